The maximum atomic E-state index is 10.5. The molecule has 0 aromatic carbocycles. The van der Waals surface area contributed by atoms with Gasteiger partial charge in [0.1, 0.15) is 0 Å². The minimum atomic E-state index is -0.976. The number of aromatic carboxylic acids is 1. The molecule has 0 fully saturated rings. The van der Waals surface area contributed by atoms with Crippen molar-refractivity contribution in [3.63, 3.8) is 0 Å². The summed E-state index contributed by atoms with van der Waals surface area (Å²) in [5.74, 6) is -0.976. The van der Waals surface area contributed by atoms with Gasteiger partial charge in [-0.25, -0.2) is 0 Å². The van der Waals surface area contributed by atoms with Crippen LogP contribution in [0.5, 0.6) is 0 Å². The van der Waals surface area contributed by atoms with Crippen LogP contribution in [-0.4, -0.2) is 32.9 Å². The van der Waals surface area contributed by atoms with Gasteiger partial charge >= 0.3 is 72.5 Å². The Labute approximate surface area is 73.0 Å². The van der Waals surface area contributed by atoms with Crippen LogP contribution in [0.3, 0.4) is 0 Å². The van der Waals surface area contributed by atoms with Crippen molar-refractivity contribution < 1.29 is 9.90 Å². The van der Waals surface area contributed by atoms with Crippen molar-refractivity contribution in [2.75, 3.05) is 0 Å². The average molecular weight is 211 g/mol. The van der Waals surface area contributed by atoms with Crippen LogP contribution >= 0.6 is 0 Å². The van der Waals surface area contributed by atoms with Crippen LogP contribution in [0.25, 0.3) is 0 Å². The molecule has 0 unspecified atom stereocenters. The summed E-state index contributed by atoms with van der Waals surface area (Å²) in [7, 11) is 0. The first kappa shape index (κ1) is 8.28. The van der Waals surface area contributed by atoms with Gasteiger partial charge < -0.3 is 0 Å². The molecule has 0 bridgehead atoms. The number of hydrogen-bond donors (Lipinski definition) is 1. The zero-order chi connectivity index (χ0) is 8.43. The summed E-state index contributed by atoms with van der Waals surface area (Å²) in [4.78, 5) is 14.3. The Morgan fingerprint density at radius 1 is 1.64 bits per heavy atom. The number of hydrogen-bond acceptors (Lipinski definition) is 2. The molecular formula is C7H6AsNO2. The van der Waals surface area contributed by atoms with E-state index >= 15 is 0 Å². The van der Waals surface area contributed by atoms with Gasteiger partial charge in [0, 0.05) is 0 Å². The monoisotopic (exact) mass is 211 g/mol. The number of nitrogens with zero attached hydrogens (tertiary/aromatic N) is 1. The molecule has 4 heteroatoms. The van der Waals surface area contributed by atoms with Gasteiger partial charge in [-0.15, -0.1) is 0 Å². The van der Waals surface area contributed by atoms with E-state index in [9.17, 15) is 4.79 Å². The predicted molar refractivity (Wildman–Crippen MR) is 41.3 cm³/mol. The number of carbonyl (C=O) groups is 1. The molecule has 0 saturated heterocycles. The normalized spacial score (nSPS) is 9.64. The van der Waals surface area contributed by atoms with Crippen LogP contribution in [0.4, 0.5) is 0 Å². The Morgan fingerprint density at radius 2 is 2.27 bits per heavy atom. The fraction of sp³-hybridized carbons (Fsp3) is 0.143. The third-order valence-electron chi connectivity index (χ3n) is 1.28. The molecule has 1 aromatic rings. The molecule has 3 nitrogen and oxygen atoms in total. The molecule has 0 spiro atoms. The third-order valence-corrected chi connectivity index (χ3v) is 1.81. The number of pyridine rings is 1. The molecule has 0 aliphatic rings. The molecule has 56 valence electrons. The fourth-order valence-electron chi connectivity index (χ4n) is 0.735. The Kier molecular flexibility index (Phi) is 2.30. The van der Waals surface area contributed by atoms with E-state index in [1.165, 1.54) is 0 Å². The standard InChI is InChI=1S/C7H6AsNO2/c1-4-2-3-5(8)9-6(4)7(10)11/h2-3H,1H3,(H,10,11). The van der Waals surface area contributed by atoms with Crippen molar-refractivity contribution in [3.05, 3.63) is 23.4 Å². The Bertz CT molecular complexity index is 298. The van der Waals surface area contributed by atoms with Crippen LogP contribution in [-0.2, 0) is 0 Å². The molecule has 11 heavy (non-hydrogen) atoms. The second-order valence-electron chi connectivity index (χ2n) is 2.14. The number of rotatable bonds is 1. The van der Waals surface area contributed by atoms with Crippen LogP contribution in [0, 0.1) is 6.92 Å². The van der Waals surface area contributed by atoms with Crippen molar-refractivity contribution in [2.45, 2.75) is 6.92 Å². The summed E-state index contributed by atoms with van der Waals surface area (Å²) < 4.78 is 0.667. The summed E-state index contributed by atoms with van der Waals surface area (Å²) in [5.41, 5.74) is 0.815. The second kappa shape index (κ2) is 3.05. The van der Waals surface area contributed by atoms with E-state index in [0.717, 1.165) is 0 Å². The molecular weight excluding hydrogens is 205 g/mol. The zero-order valence-electron chi connectivity index (χ0n) is 5.90. The summed E-state index contributed by atoms with van der Waals surface area (Å²) in [6.07, 6.45) is 0. The number of carboxylic acids is 1. The number of aromatic nitrogens is 1. The van der Waals surface area contributed by atoms with Crippen LogP contribution in [0.2, 0.25) is 0 Å². The van der Waals surface area contributed by atoms with Crippen molar-refractivity contribution in [1.82, 2.24) is 4.98 Å². The first-order valence-corrected chi connectivity index (χ1v) is 3.95. The van der Waals surface area contributed by atoms with Gasteiger partial charge in [0.15, 0.2) is 0 Å². The van der Waals surface area contributed by atoms with E-state index in [-0.39, 0.29) is 5.69 Å². The average Bonchev–Trinajstić information content (AvgIpc) is 1.94. The van der Waals surface area contributed by atoms with E-state index in [0.29, 0.717) is 10.0 Å². The maximum absolute atomic E-state index is 10.5. The molecule has 1 N–H and O–H groups in total. The van der Waals surface area contributed by atoms with Crippen LogP contribution < -0.4 is 4.48 Å². The third kappa shape index (κ3) is 1.81. The van der Waals surface area contributed by atoms with Gasteiger partial charge in [0.25, 0.3) is 0 Å². The first-order valence-electron chi connectivity index (χ1n) is 3.01. The van der Waals surface area contributed by atoms with Crippen molar-refractivity contribution in [3.8, 4) is 0 Å². The predicted octanol–water partition coefficient (Wildman–Crippen LogP) is -0.118. The van der Waals surface area contributed by atoms with Crippen molar-refractivity contribution in [2.24, 2.45) is 0 Å². The molecule has 1 heterocycles. The molecule has 2 radical (unpaired) electrons. The van der Waals surface area contributed by atoms with Crippen LogP contribution in [0.15, 0.2) is 12.1 Å². The Balaban J connectivity index is 3.23. The molecule has 1 rings (SSSR count). The van der Waals surface area contributed by atoms with E-state index in [1.807, 2.05) is 0 Å². The van der Waals surface area contributed by atoms with Gasteiger partial charge in [-0.05, 0) is 0 Å². The number of carboxylic acid groups (broad SMARTS) is 1. The Morgan fingerprint density at radius 3 is 2.73 bits per heavy atom. The second-order valence-corrected chi connectivity index (χ2v) is 3.10. The minimum absolute atomic E-state index is 0.128. The first-order chi connectivity index (χ1) is 5.11. The van der Waals surface area contributed by atoms with E-state index in [1.54, 1.807) is 19.1 Å². The van der Waals surface area contributed by atoms with Gasteiger partial charge in [-0.1, -0.05) is 0 Å². The molecule has 1 aromatic heterocycles. The molecule has 0 atom stereocenters. The zero-order valence-corrected chi connectivity index (χ0v) is 7.78. The molecule has 0 saturated carbocycles. The topological polar surface area (TPSA) is 50.2 Å². The summed E-state index contributed by atoms with van der Waals surface area (Å²) >= 11 is 2.21. The van der Waals surface area contributed by atoms with E-state index in [4.69, 9.17) is 5.11 Å². The summed E-state index contributed by atoms with van der Waals surface area (Å²) in [6.45, 7) is 1.73. The number of aryl methyl sites for hydroxylation is 1. The Hall–Kier alpha value is -0.822. The molecule has 0 aliphatic heterocycles. The van der Waals surface area contributed by atoms with Crippen molar-refractivity contribution >= 4 is 27.3 Å². The SMILES string of the molecule is Cc1ccc([As])nc1C(=O)O. The molecule has 0 aliphatic carbocycles. The van der Waals surface area contributed by atoms with E-state index in [2.05, 4.69) is 21.8 Å². The molecule has 0 amide bonds. The van der Waals surface area contributed by atoms with E-state index < -0.39 is 5.97 Å². The fourth-order valence-corrected chi connectivity index (χ4v) is 1.10. The van der Waals surface area contributed by atoms with Crippen LogP contribution in [0.1, 0.15) is 16.1 Å². The van der Waals surface area contributed by atoms with Gasteiger partial charge in [0.2, 0.25) is 0 Å². The van der Waals surface area contributed by atoms with Gasteiger partial charge in [0.05, 0.1) is 0 Å². The van der Waals surface area contributed by atoms with Gasteiger partial charge in [-0.3, -0.25) is 0 Å². The summed E-state index contributed by atoms with van der Waals surface area (Å²) in [5, 5.41) is 8.62. The summed E-state index contributed by atoms with van der Waals surface area (Å²) in [6, 6.07) is 3.51. The van der Waals surface area contributed by atoms with Crippen molar-refractivity contribution in [1.29, 1.82) is 0 Å². The quantitative estimate of drug-likeness (QED) is 0.659. The van der Waals surface area contributed by atoms with Gasteiger partial charge in [-0.2, -0.15) is 0 Å².